The molecule has 14 heavy (non-hydrogen) atoms. The van der Waals surface area contributed by atoms with E-state index in [1.165, 1.54) is 11.3 Å². The zero-order valence-corrected chi connectivity index (χ0v) is 8.34. The lowest BCUT2D eigenvalue weighted by molar-refractivity contribution is 0.784. The van der Waals surface area contributed by atoms with Gasteiger partial charge in [0.2, 0.25) is 0 Å². The summed E-state index contributed by atoms with van der Waals surface area (Å²) in [6.45, 7) is 5.84. The molecular weight excluding hydrogens is 172 g/mol. The molecule has 0 aromatic rings. The van der Waals surface area contributed by atoms with E-state index in [-0.39, 0.29) is 0 Å². The summed E-state index contributed by atoms with van der Waals surface area (Å²) in [5.74, 6) is 0. The lowest BCUT2D eigenvalue weighted by atomic mass is 10.1. The molecule has 0 atom stereocenters. The van der Waals surface area contributed by atoms with E-state index in [2.05, 4.69) is 41.5 Å². The summed E-state index contributed by atoms with van der Waals surface area (Å²) in [5, 5.41) is 6.62. The molecule has 2 aliphatic rings. The van der Waals surface area contributed by atoms with Crippen LogP contribution in [0.25, 0.3) is 0 Å². The smallest absolute Gasteiger partial charge is 0.0395 e. The molecule has 0 fully saturated rings. The van der Waals surface area contributed by atoms with Gasteiger partial charge in [-0.1, -0.05) is 18.7 Å². The zero-order chi connectivity index (χ0) is 9.80. The molecule has 0 radical (unpaired) electrons. The van der Waals surface area contributed by atoms with Crippen LogP contribution in [0.2, 0.25) is 0 Å². The van der Waals surface area contributed by atoms with E-state index in [1.807, 2.05) is 0 Å². The first-order valence-corrected chi connectivity index (χ1v) is 5.07. The SMILES string of the molecule is C=C1CC=C(/C=C2\C=CCCN2)CN1. The van der Waals surface area contributed by atoms with Gasteiger partial charge in [0, 0.05) is 30.9 Å². The second-order valence-corrected chi connectivity index (χ2v) is 3.66. The average Bonchev–Trinajstić information content (AvgIpc) is 2.23. The van der Waals surface area contributed by atoms with Crippen molar-refractivity contribution in [3.8, 4) is 0 Å². The van der Waals surface area contributed by atoms with E-state index < -0.39 is 0 Å². The first kappa shape index (κ1) is 9.13. The summed E-state index contributed by atoms with van der Waals surface area (Å²) in [6.07, 6.45) is 10.9. The van der Waals surface area contributed by atoms with Gasteiger partial charge in [0.05, 0.1) is 0 Å². The minimum absolute atomic E-state index is 0.901. The molecule has 2 nitrogen and oxygen atoms in total. The Morgan fingerprint density at radius 3 is 2.93 bits per heavy atom. The van der Waals surface area contributed by atoms with E-state index in [1.54, 1.807) is 0 Å². The van der Waals surface area contributed by atoms with Gasteiger partial charge in [0.25, 0.3) is 0 Å². The highest BCUT2D eigenvalue weighted by Crippen LogP contribution is 2.12. The van der Waals surface area contributed by atoms with Crippen LogP contribution < -0.4 is 10.6 Å². The molecule has 2 heterocycles. The summed E-state index contributed by atoms with van der Waals surface area (Å²) in [5.41, 5.74) is 3.67. The van der Waals surface area contributed by atoms with Gasteiger partial charge in [-0.05, 0) is 24.1 Å². The Bertz CT molecular complexity index is 321. The van der Waals surface area contributed by atoms with Gasteiger partial charge in [-0.15, -0.1) is 0 Å². The van der Waals surface area contributed by atoms with Crippen LogP contribution in [0.3, 0.4) is 0 Å². The molecule has 0 aromatic heterocycles. The molecule has 0 spiro atoms. The Morgan fingerprint density at radius 1 is 1.36 bits per heavy atom. The summed E-state index contributed by atoms with van der Waals surface area (Å²) >= 11 is 0. The van der Waals surface area contributed by atoms with E-state index in [0.29, 0.717) is 0 Å². The molecule has 0 saturated carbocycles. The highest BCUT2D eigenvalue weighted by molar-refractivity contribution is 5.34. The van der Waals surface area contributed by atoms with Crippen LogP contribution in [0.1, 0.15) is 12.8 Å². The van der Waals surface area contributed by atoms with E-state index in [9.17, 15) is 0 Å². The van der Waals surface area contributed by atoms with Crippen LogP contribution in [0.4, 0.5) is 0 Å². The first-order valence-electron chi connectivity index (χ1n) is 5.07. The molecule has 74 valence electrons. The standard InChI is InChI=1S/C12H16N2/c1-10-5-6-11(9-14-10)8-12-4-2-3-7-13-12/h2,4,6,8,13-14H,1,3,5,7,9H2/b12-8+. The van der Waals surface area contributed by atoms with Gasteiger partial charge in [-0.25, -0.2) is 0 Å². The summed E-state index contributed by atoms with van der Waals surface area (Å²) in [6, 6.07) is 0. The number of allylic oxidation sites excluding steroid dienone is 2. The van der Waals surface area contributed by atoms with Gasteiger partial charge < -0.3 is 10.6 Å². The Kier molecular flexibility index (Phi) is 2.73. The van der Waals surface area contributed by atoms with Crippen molar-refractivity contribution >= 4 is 0 Å². The van der Waals surface area contributed by atoms with Crippen LogP contribution in [0.5, 0.6) is 0 Å². The third-order valence-electron chi connectivity index (χ3n) is 2.43. The maximum Gasteiger partial charge on any atom is 0.0395 e. The van der Waals surface area contributed by atoms with Crippen molar-refractivity contribution in [1.29, 1.82) is 0 Å². The van der Waals surface area contributed by atoms with Crippen LogP contribution >= 0.6 is 0 Å². The maximum atomic E-state index is 3.89. The fourth-order valence-corrected chi connectivity index (χ4v) is 1.60. The van der Waals surface area contributed by atoms with Gasteiger partial charge in [-0.3, -0.25) is 0 Å². The van der Waals surface area contributed by atoms with Gasteiger partial charge in [0.1, 0.15) is 0 Å². The molecule has 2 heteroatoms. The average molecular weight is 188 g/mol. The van der Waals surface area contributed by atoms with Crippen LogP contribution in [0, 0.1) is 0 Å². The van der Waals surface area contributed by atoms with Gasteiger partial charge in [-0.2, -0.15) is 0 Å². The Morgan fingerprint density at radius 2 is 2.29 bits per heavy atom. The van der Waals surface area contributed by atoms with Crippen molar-refractivity contribution in [2.75, 3.05) is 13.1 Å². The van der Waals surface area contributed by atoms with Gasteiger partial charge in [0.15, 0.2) is 0 Å². The molecule has 2 aliphatic heterocycles. The van der Waals surface area contributed by atoms with Crippen molar-refractivity contribution in [1.82, 2.24) is 10.6 Å². The highest BCUT2D eigenvalue weighted by atomic mass is 14.9. The normalized spacial score (nSPS) is 24.1. The third-order valence-corrected chi connectivity index (χ3v) is 2.43. The highest BCUT2D eigenvalue weighted by Gasteiger charge is 2.04. The topological polar surface area (TPSA) is 24.1 Å². The minimum atomic E-state index is 0.901. The second kappa shape index (κ2) is 4.18. The molecule has 0 saturated heterocycles. The number of hydrogen-bond acceptors (Lipinski definition) is 2. The quantitative estimate of drug-likeness (QED) is 0.656. The number of nitrogens with one attached hydrogen (secondary N) is 2. The van der Waals surface area contributed by atoms with Crippen LogP contribution in [-0.2, 0) is 0 Å². The molecule has 0 unspecified atom stereocenters. The fraction of sp³-hybridized carbons (Fsp3) is 0.333. The number of rotatable bonds is 1. The Balaban J connectivity index is 2.05. The number of hydrogen-bond donors (Lipinski definition) is 2. The predicted molar refractivity (Wildman–Crippen MR) is 59.7 cm³/mol. The van der Waals surface area contributed by atoms with Crippen molar-refractivity contribution < 1.29 is 0 Å². The summed E-state index contributed by atoms with van der Waals surface area (Å²) < 4.78 is 0. The van der Waals surface area contributed by atoms with Crippen LogP contribution in [-0.4, -0.2) is 13.1 Å². The van der Waals surface area contributed by atoms with Crippen LogP contribution in [0.15, 0.2) is 47.9 Å². The van der Waals surface area contributed by atoms with E-state index in [0.717, 1.165) is 31.6 Å². The van der Waals surface area contributed by atoms with E-state index >= 15 is 0 Å². The Hall–Kier alpha value is -1.44. The lowest BCUT2D eigenvalue weighted by Gasteiger charge is -2.17. The van der Waals surface area contributed by atoms with Crippen molar-refractivity contribution in [3.63, 3.8) is 0 Å². The summed E-state index contributed by atoms with van der Waals surface area (Å²) in [7, 11) is 0. The summed E-state index contributed by atoms with van der Waals surface area (Å²) in [4.78, 5) is 0. The maximum absolute atomic E-state index is 3.89. The van der Waals surface area contributed by atoms with Crippen molar-refractivity contribution in [2.45, 2.75) is 12.8 Å². The molecule has 2 rings (SSSR count). The molecule has 0 aliphatic carbocycles. The first-order chi connectivity index (χ1) is 6.84. The third kappa shape index (κ3) is 2.28. The molecule has 2 N–H and O–H groups in total. The molecule has 0 aromatic carbocycles. The molecular formula is C12H16N2. The Labute approximate surface area is 85.1 Å². The predicted octanol–water partition coefficient (Wildman–Crippen LogP) is 1.85. The molecule has 0 amide bonds. The zero-order valence-electron chi connectivity index (χ0n) is 8.34. The van der Waals surface area contributed by atoms with Crippen molar-refractivity contribution in [2.24, 2.45) is 0 Å². The van der Waals surface area contributed by atoms with Crippen molar-refractivity contribution in [3.05, 3.63) is 47.9 Å². The molecule has 0 bridgehead atoms. The fourth-order valence-electron chi connectivity index (χ4n) is 1.60. The lowest BCUT2D eigenvalue weighted by Crippen LogP contribution is -2.21. The van der Waals surface area contributed by atoms with Gasteiger partial charge >= 0.3 is 0 Å². The second-order valence-electron chi connectivity index (χ2n) is 3.66. The van der Waals surface area contributed by atoms with E-state index in [4.69, 9.17) is 0 Å². The minimum Gasteiger partial charge on any atom is -0.385 e. The largest absolute Gasteiger partial charge is 0.385 e. The monoisotopic (exact) mass is 188 g/mol.